The summed E-state index contributed by atoms with van der Waals surface area (Å²) in [6.07, 6.45) is 0. The van der Waals surface area contributed by atoms with E-state index in [-0.39, 0.29) is 5.91 Å². The predicted molar refractivity (Wildman–Crippen MR) is 108 cm³/mol. The number of likely N-dealkylation sites (N-methyl/N-ethyl adjacent to an activating group) is 1. The molecule has 0 aliphatic carbocycles. The summed E-state index contributed by atoms with van der Waals surface area (Å²) in [5.41, 5.74) is 1.34. The van der Waals surface area contributed by atoms with Crippen LogP contribution < -0.4 is 24.3 Å². The minimum Gasteiger partial charge on any atom is -0.496 e. The third-order valence-corrected chi connectivity index (χ3v) is 4.13. The lowest BCUT2D eigenvalue weighted by molar-refractivity contribution is 0.0947. The first-order chi connectivity index (χ1) is 13.5. The fraction of sp³-hybridized carbons (Fsp3) is 0.381. The monoisotopic (exact) mass is 388 g/mol. The van der Waals surface area contributed by atoms with Gasteiger partial charge in [-0.2, -0.15) is 0 Å². The van der Waals surface area contributed by atoms with Crippen LogP contribution in [0.25, 0.3) is 0 Å². The highest BCUT2D eigenvalue weighted by Gasteiger charge is 2.17. The van der Waals surface area contributed by atoms with Gasteiger partial charge in [0, 0.05) is 25.2 Å². The first kappa shape index (κ1) is 21.4. The summed E-state index contributed by atoms with van der Waals surface area (Å²) in [5, 5.41) is 2.89. The molecule has 1 amide bonds. The van der Waals surface area contributed by atoms with E-state index in [4.69, 9.17) is 18.9 Å². The third kappa shape index (κ3) is 5.79. The second kappa shape index (κ2) is 10.4. The van der Waals surface area contributed by atoms with E-state index in [2.05, 4.69) is 10.2 Å². The van der Waals surface area contributed by atoms with Gasteiger partial charge in [-0.05, 0) is 31.8 Å². The number of nitrogens with one attached hydrogen (secondary N) is 1. The van der Waals surface area contributed by atoms with Gasteiger partial charge in [-0.1, -0.05) is 12.1 Å². The van der Waals surface area contributed by atoms with Crippen molar-refractivity contribution in [1.82, 2.24) is 10.2 Å². The minimum absolute atomic E-state index is 0.260. The molecule has 28 heavy (non-hydrogen) atoms. The first-order valence-electron chi connectivity index (χ1n) is 8.93. The van der Waals surface area contributed by atoms with Gasteiger partial charge in [-0.15, -0.1) is 0 Å². The molecule has 0 aromatic heterocycles. The Balaban J connectivity index is 2.00. The normalized spacial score (nSPS) is 10.5. The van der Waals surface area contributed by atoms with Crippen LogP contribution in [0.15, 0.2) is 36.4 Å². The molecule has 2 rings (SSSR count). The van der Waals surface area contributed by atoms with Crippen LogP contribution in [-0.4, -0.2) is 59.4 Å². The fourth-order valence-corrected chi connectivity index (χ4v) is 2.53. The average Bonchev–Trinajstić information content (AvgIpc) is 2.71. The molecule has 0 radical (unpaired) electrons. The van der Waals surface area contributed by atoms with Crippen molar-refractivity contribution in [3.8, 4) is 23.0 Å². The molecule has 0 aliphatic heterocycles. The largest absolute Gasteiger partial charge is 0.496 e. The second-order valence-corrected chi connectivity index (χ2v) is 6.39. The minimum atomic E-state index is -0.260. The number of hydrogen-bond donors (Lipinski definition) is 1. The van der Waals surface area contributed by atoms with Crippen molar-refractivity contribution in [2.75, 3.05) is 48.6 Å². The Labute approximate surface area is 166 Å². The van der Waals surface area contributed by atoms with E-state index in [9.17, 15) is 4.79 Å². The number of methoxy groups -OCH3 is 3. The number of carbonyl (C=O) groups excluding carboxylic acids is 1. The highest BCUT2D eigenvalue weighted by atomic mass is 16.5. The van der Waals surface area contributed by atoms with Gasteiger partial charge in [0.2, 0.25) is 0 Å². The summed E-state index contributed by atoms with van der Waals surface area (Å²) in [6.45, 7) is 1.86. The molecule has 152 valence electrons. The number of nitrogens with zero attached hydrogens (tertiary/aromatic N) is 1. The summed E-state index contributed by atoms with van der Waals surface area (Å²) in [4.78, 5) is 14.7. The Bertz CT molecular complexity index is 775. The molecule has 0 saturated carbocycles. The molecule has 0 fully saturated rings. The third-order valence-electron chi connectivity index (χ3n) is 4.13. The lowest BCUT2D eigenvalue weighted by Gasteiger charge is -2.14. The summed E-state index contributed by atoms with van der Waals surface area (Å²) in [7, 11) is 8.57. The molecule has 0 heterocycles. The van der Waals surface area contributed by atoms with Gasteiger partial charge >= 0.3 is 0 Å². The van der Waals surface area contributed by atoms with E-state index >= 15 is 0 Å². The quantitative estimate of drug-likeness (QED) is 0.675. The zero-order valence-corrected chi connectivity index (χ0v) is 17.1. The number of rotatable bonds is 10. The predicted octanol–water partition coefficient (Wildman–Crippen LogP) is 2.58. The molecular formula is C21H28N2O5. The number of benzene rings is 2. The van der Waals surface area contributed by atoms with Crippen LogP contribution in [0.3, 0.4) is 0 Å². The van der Waals surface area contributed by atoms with E-state index < -0.39 is 0 Å². The average molecular weight is 388 g/mol. The van der Waals surface area contributed by atoms with Crippen molar-refractivity contribution < 1.29 is 23.7 Å². The summed E-state index contributed by atoms with van der Waals surface area (Å²) >= 11 is 0. The highest BCUT2D eigenvalue weighted by molar-refractivity contribution is 5.97. The molecule has 0 bridgehead atoms. The van der Waals surface area contributed by atoms with Crippen LogP contribution in [0.2, 0.25) is 0 Å². The zero-order chi connectivity index (χ0) is 20.5. The Morgan fingerprint density at radius 3 is 2.11 bits per heavy atom. The maximum atomic E-state index is 12.6. The van der Waals surface area contributed by atoms with Gasteiger partial charge in [0.25, 0.3) is 5.91 Å². The van der Waals surface area contributed by atoms with Crippen molar-refractivity contribution >= 4 is 5.91 Å². The van der Waals surface area contributed by atoms with Gasteiger partial charge in [-0.25, -0.2) is 0 Å². The second-order valence-electron chi connectivity index (χ2n) is 6.39. The van der Waals surface area contributed by atoms with Crippen LogP contribution in [0, 0.1) is 0 Å². The van der Waals surface area contributed by atoms with Gasteiger partial charge < -0.3 is 29.2 Å². The van der Waals surface area contributed by atoms with E-state index in [0.29, 0.717) is 36.0 Å². The smallest absolute Gasteiger partial charge is 0.255 e. The van der Waals surface area contributed by atoms with Crippen molar-refractivity contribution in [3.63, 3.8) is 0 Å². The van der Waals surface area contributed by atoms with E-state index in [1.165, 1.54) is 21.3 Å². The Kier molecular flexibility index (Phi) is 7.95. The molecule has 0 spiro atoms. The number of carbonyl (C=O) groups is 1. The van der Waals surface area contributed by atoms with Gasteiger partial charge in [0.05, 0.1) is 26.9 Å². The molecule has 2 aromatic carbocycles. The van der Waals surface area contributed by atoms with Gasteiger partial charge in [0.15, 0.2) is 11.5 Å². The number of ether oxygens (including phenoxy) is 4. The number of hydrogen-bond acceptors (Lipinski definition) is 6. The molecule has 1 N–H and O–H groups in total. The van der Waals surface area contributed by atoms with Crippen LogP contribution in [0.4, 0.5) is 0 Å². The molecular weight excluding hydrogens is 360 g/mol. The molecule has 0 saturated heterocycles. The lowest BCUT2D eigenvalue weighted by Crippen LogP contribution is -2.23. The fourth-order valence-electron chi connectivity index (χ4n) is 2.53. The molecule has 0 atom stereocenters. The molecule has 7 nitrogen and oxygen atoms in total. The van der Waals surface area contributed by atoms with Crippen LogP contribution >= 0.6 is 0 Å². The Morgan fingerprint density at radius 2 is 1.54 bits per heavy atom. The standard InChI is InChI=1S/C21H28N2O5/c1-23(2)10-11-28-16-8-6-15(7-9-16)14-22-21(24)17-12-19(26-4)20(27-5)13-18(17)25-3/h6-9,12-13H,10-11,14H2,1-5H3,(H,22,24). The van der Waals surface area contributed by atoms with E-state index in [1.807, 2.05) is 38.4 Å². The summed E-state index contributed by atoms with van der Waals surface area (Å²) in [5.74, 6) is 1.93. The van der Waals surface area contributed by atoms with Crippen LogP contribution in [-0.2, 0) is 6.54 Å². The van der Waals surface area contributed by atoms with Crippen LogP contribution in [0.1, 0.15) is 15.9 Å². The Hall–Kier alpha value is -2.93. The molecule has 0 aliphatic rings. The molecule has 2 aromatic rings. The van der Waals surface area contributed by atoms with Gasteiger partial charge in [0.1, 0.15) is 18.1 Å². The molecule has 0 unspecified atom stereocenters. The molecule has 7 heteroatoms. The van der Waals surface area contributed by atoms with Crippen molar-refractivity contribution in [2.45, 2.75) is 6.54 Å². The maximum absolute atomic E-state index is 12.6. The Morgan fingerprint density at radius 1 is 0.929 bits per heavy atom. The van der Waals surface area contributed by atoms with E-state index in [1.54, 1.807) is 12.1 Å². The number of amides is 1. The zero-order valence-electron chi connectivity index (χ0n) is 17.1. The van der Waals surface area contributed by atoms with Crippen molar-refractivity contribution in [1.29, 1.82) is 0 Å². The maximum Gasteiger partial charge on any atom is 0.255 e. The highest BCUT2D eigenvalue weighted by Crippen LogP contribution is 2.34. The summed E-state index contributed by atoms with van der Waals surface area (Å²) in [6, 6.07) is 10.9. The van der Waals surface area contributed by atoms with E-state index in [0.717, 1.165) is 17.9 Å². The van der Waals surface area contributed by atoms with Crippen molar-refractivity contribution in [3.05, 3.63) is 47.5 Å². The van der Waals surface area contributed by atoms with Gasteiger partial charge in [-0.3, -0.25) is 4.79 Å². The van der Waals surface area contributed by atoms with Crippen LogP contribution in [0.5, 0.6) is 23.0 Å². The summed E-state index contributed by atoms with van der Waals surface area (Å²) < 4.78 is 21.5. The first-order valence-corrected chi connectivity index (χ1v) is 8.93. The van der Waals surface area contributed by atoms with Crippen molar-refractivity contribution in [2.24, 2.45) is 0 Å². The topological polar surface area (TPSA) is 69.3 Å². The SMILES string of the molecule is COc1cc(OC)c(C(=O)NCc2ccc(OCCN(C)C)cc2)cc1OC. The lowest BCUT2D eigenvalue weighted by atomic mass is 10.1.